The second kappa shape index (κ2) is 4.23. The molecule has 0 unspecified atom stereocenters. The lowest BCUT2D eigenvalue weighted by atomic mass is 9.78. The van der Waals surface area contributed by atoms with E-state index >= 15 is 0 Å². The first-order valence-electron chi connectivity index (χ1n) is 5.22. The molecule has 2 nitrogen and oxygen atoms in total. The lowest BCUT2D eigenvalue weighted by Crippen LogP contribution is -2.44. The van der Waals surface area contributed by atoms with E-state index in [0.717, 1.165) is 25.7 Å². The molecule has 0 saturated heterocycles. The summed E-state index contributed by atoms with van der Waals surface area (Å²) in [4.78, 5) is 11.9. The summed E-state index contributed by atoms with van der Waals surface area (Å²) in [6.07, 6.45) is 5.34. The number of ketones is 1. The Labute approximate surface area is 80.7 Å². The molecule has 1 saturated carbocycles. The summed E-state index contributed by atoms with van der Waals surface area (Å²) < 4.78 is 5.45. The van der Waals surface area contributed by atoms with Crippen LogP contribution < -0.4 is 0 Å². The Morgan fingerprint density at radius 3 is 2.15 bits per heavy atom. The van der Waals surface area contributed by atoms with Gasteiger partial charge in [-0.2, -0.15) is 0 Å². The number of ether oxygens (including phenoxy) is 1. The molecule has 1 aliphatic rings. The van der Waals surface area contributed by atoms with Gasteiger partial charge in [-0.05, 0) is 12.8 Å². The monoisotopic (exact) mass is 184 g/mol. The maximum absolute atomic E-state index is 11.9. The van der Waals surface area contributed by atoms with E-state index in [1.807, 2.05) is 13.8 Å². The van der Waals surface area contributed by atoms with Crippen LogP contribution in [0.25, 0.3) is 0 Å². The van der Waals surface area contributed by atoms with Crippen LogP contribution in [0.4, 0.5) is 0 Å². The molecule has 0 heterocycles. The Bertz CT molecular complexity index is 179. The molecule has 1 fully saturated rings. The molecule has 13 heavy (non-hydrogen) atoms. The van der Waals surface area contributed by atoms with Crippen LogP contribution in [0.3, 0.4) is 0 Å². The highest BCUT2D eigenvalue weighted by molar-refractivity contribution is 5.89. The molecular formula is C11H20O2. The van der Waals surface area contributed by atoms with E-state index in [2.05, 4.69) is 0 Å². The van der Waals surface area contributed by atoms with Crippen molar-refractivity contribution in [2.45, 2.75) is 51.6 Å². The minimum Gasteiger partial charge on any atom is -0.370 e. The van der Waals surface area contributed by atoms with Crippen LogP contribution in [0.1, 0.15) is 46.0 Å². The number of hydrogen-bond donors (Lipinski definition) is 0. The van der Waals surface area contributed by atoms with Crippen molar-refractivity contribution < 1.29 is 9.53 Å². The highest BCUT2D eigenvalue weighted by Crippen LogP contribution is 2.33. The third-order valence-electron chi connectivity index (χ3n) is 3.03. The fourth-order valence-corrected chi connectivity index (χ4v) is 2.20. The van der Waals surface area contributed by atoms with Gasteiger partial charge in [0.2, 0.25) is 0 Å². The van der Waals surface area contributed by atoms with Gasteiger partial charge < -0.3 is 4.74 Å². The summed E-state index contributed by atoms with van der Waals surface area (Å²) in [6.45, 7) is 3.91. The first kappa shape index (κ1) is 10.7. The normalized spacial score (nSPS) is 21.8. The fraction of sp³-hybridized carbons (Fsp3) is 0.909. The second-order valence-corrected chi connectivity index (χ2v) is 4.28. The Kier molecular flexibility index (Phi) is 3.48. The maximum atomic E-state index is 11.9. The molecule has 2 heteroatoms. The molecule has 0 N–H and O–H groups in total. The fourth-order valence-electron chi connectivity index (χ4n) is 2.20. The molecule has 0 radical (unpaired) electrons. The van der Waals surface area contributed by atoms with Gasteiger partial charge >= 0.3 is 0 Å². The van der Waals surface area contributed by atoms with Crippen molar-refractivity contribution in [2.75, 3.05) is 7.11 Å². The van der Waals surface area contributed by atoms with E-state index in [9.17, 15) is 4.79 Å². The number of hydrogen-bond acceptors (Lipinski definition) is 2. The van der Waals surface area contributed by atoms with Gasteiger partial charge in [-0.15, -0.1) is 0 Å². The third-order valence-corrected chi connectivity index (χ3v) is 3.03. The van der Waals surface area contributed by atoms with Gasteiger partial charge in [0.05, 0.1) is 0 Å². The summed E-state index contributed by atoms with van der Waals surface area (Å²) in [5, 5.41) is 0. The molecule has 1 aliphatic carbocycles. The zero-order valence-corrected chi connectivity index (χ0v) is 8.93. The van der Waals surface area contributed by atoms with Crippen LogP contribution in [0.5, 0.6) is 0 Å². The van der Waals surface area contributed by atoms with Crippen molar-refractivity contribution in [1.82, 2.24) is 0 Å². The number of methoxy groups -OCH3 is 1. The molecule has 0 aliphatic heterocycles. The molecular weight excluding hydrogens is 164 g/mol. The number of carbonyl (C=O) groups is 1. The number of carbonyl (C=O) groups excluding carboxylic acids is 1. The standard InChI is InChI=1S/C11H20O2/c1-9(2)10(12)11(13-3)7-5-4-6-8-11/h9H,4-8H2,1-3H3. The molecule has 0 amide bonds. The van der Waals surface area contributed by atoms with Gasteiger partial charge in [-0.25, -0.2) is 0 Å². The van der Waals surface area contributed by atoms with Crippen LogP contribution >= 0.6 is 0 Å². The van der Waals surface area contributed by atoms with Gasteiger partial charge in [-0.3, -0.25) is 4.79 Å². The van der Waals surface area contributed by atoms with Gasteiger partial charge in [0.1, 0.15) is 5.60 Å². The Balaban J connectivity index is 2.72. The largest absolute Gasteiger partial charge is 0.370 e. The number of rotatable bonds is 3. The lowest BCUT2D eigenvalue weighted by Gasteiger charge is -2.35. The van der Waals surface area contributed by atoms with Gasteiger partial charge in [0.15, 0.2) is 5.78 Å². The molecule has 0 atom stereocenters. The minimum atomic E-state index is -0.438. The van der Waals surface area contributed by atoms with Gasteiger partial charge in [-0.1, -0.05) is 33.1 Å². The topological polar surface area (TPSA) is 26.3 Å². The minimum absolute atomic E-state index is 0.0954. The van der Waals surface area contributed by atoms with Crippen molar-refractivity contribution in [1.29, 1.82) is 0 Å². The molecule has 0 aromatic heterocycles. The van der Waals surface area contributed by atoms with Crippen LogP contribution in [-0.4, -0.2) is 18.5 Å². The zero-order valence-electron chi connectivity index (χ0n) is 8.93. The Morgan fingerprint density at radius 1 is 1.23 bits per heavy atom. The van der Waals surface area contributed by atoms with Gasteiger partial charge in [0.25, 0.3) is 0 Å². The summed E-state index contributed by atoms with van der Waals surface area (Å²) in [5.74, 6) is 0.382. The highest BCUT2D eigenvalue weighted by Gasteiger charge is 2.40. The lowest BCUT2D eigenvalue weighted by molar-refractivity contribution is -0.148. The molecule has 0 spiro atoms. The van der Waals surface area contributed by atoms with Crippen LogP contribution in [0.15, 0.2) is 0 Å². The van der Waals surface area contributed by atoms with E-state index < -0.39 is 5.60 Å². The third kappa shape index (κ3) is 2.11. The predicted octanol–water partition coefficient (Wildman–Crippen LogP) is 2.56. The SMILES string of the molecule is COC1(C(=O)C(C)C)CCCCC1. The van der Waals surface area contributed by atoms with E-state index in [4.69, 9.17) is 4.74 Å². The van der Waals surface area contributed by atoms with E-state index in [1.54, 1.807) is 7.11 Å². The van der Waals surface area contributed by atoms with Crippen molar-refractivity contribution >= 4 is 5.78 Å². The summed E-state index contributed by atoms with van der Waals surface area (Å²) in [5.41, 5.74) is -0.438. The van der Waals surface area contributed by atoms with Crippen molar-refractivity contribution in [3.05, 3.63) is 0 Å². The van der Waals surface area contributed by atoms with E-state index in [0.29, 0.717) is 0 Å². The number of Topliss-reactive ketones (excluding diaryl/α,β-unsaturated/α-hetero) is 1. The molecule has 0 bridgehead atoms. The molecule has 1 rings (SSSR count). The second-order valence-electron chi connectivity index (χ2n) is 4.28. The van der Waals surface area contributed by atoms with Crippen molar-refractivity contribution in [3.8, 4) is 0 Å². The summed E-state index contributed by atoms with van der Waals surface area (Å²) in [6, 6.07) is 0. The molecule has 0 aromatic carbocycles. The average Bonchev–Trinajstić information content (AvgIpc) is 2.17. The smallest absolute Gasteiger partial charge is 0.167 e. The van der Waals surface area contributed by atoms with Crippen molar-refractivity contribution in [2.24, 2.45) is 5.92 Å². The first-order valence-corrected chi connectivity index (χ1v) is 5.22. The maximum Gasteiger partial charge on any atom is 0.167 e. The van der Waals surface area contributed by atoms with Crippen molar-refractivity contribution in [3.63, 3.8) is 0 Å². The highest BCUT2D eigenvalue weighted by atomic mass is 16.5. The molecule has 0 aromatic rings. The zero-order chi connectivity index (χ0) is 9.90. The first-order chi connectivity index (χ1) is 6.12. The van der Waals surface area contributed by atoms with E-state index in [-0.39, 0.29) is 11.7 Å². The quantitative estimate of drug-likeness (QED) is 0.673. The van der Waals surface area contributed by atoms with Crippen LogP contribution in [-0.2, 0) is 9.53 Å². The summed E-state index contributed by atoms with van der Waals surface area (Å²) in [7, 11) is 1.67. The van der Waals surface area contributed by atoms with Crippen LogP contribution in [0.2, 0.25) is 0 Å². The average molecular weight is 184 g/mol. The Hall–Kier alpha value is -0.370. The van der Waals surface area contributed by atoms with Gasteiger partial charge in [0, 0.05) is 13.0 Å². The predicted molar refractivity (Wildman–Crippen MR) is 52.7 cm³/mol. The Morgan fingerprint density at radius 2 is 1.77 bits per heavy atom. The van der Waals surface area contributed by atoms with E-state index in [1.165, 1.54) is 6.42 Å². The summed E-state index contributed by atoms with van der Waals surface area (Å²) >= 11 is 0. The molecule has 76 valence electrons. The van der Waals surface area contributed by atoms with Crippen LogP contribution in [0, 0.1) is 5.92 Å².